The molecule has 0 saturated carbocycles. The lowest BCUT2D eigenvalue weighted by Gasteiger charge is -1.97. The summed E-state index contributed by atoms with van der Waals surface area (Å²) in [6.45, 7) is 8.60. The van der Waals surface area contributed by atoms with Crippen molar-refractivity contribution in [1.29, 1.82) is 0 Å². The van der Waals surface area contributed by atoms with Crippen LogP contribution in [0.25, 0.3) is 0 Å². The molecule has 0 aliphatic heterocycles. The molecular weight excluding hydrogens is 156 g/mol. The molecule has 74 valence electrons. The molecule has 0 fully saturated rings. The van der Waals surface area contributed by atoms with Gasteiger partial charge in [0.15, 0.2) is 0 Å². The molecule has 0 aliphatic rings. The van der Waals surface area contributed by atoms with Gasteiger partial charge in [0.2, 0.25) is 0 Å². The fourth-order valence-corrected chi connectivity index (χ4v) is 1.31. The summed E-state index contributed by atoms with van der Waals surface area (Å²) in [5, 5.41) is 0. The van der Waals surface area contributed by atoms with Crippen LogP contribution in [0.1, 0.15) is 47.0 Å². The predicted octanol–water partition coefficient (Wildman–Crippen LogP) is 4.65. The monoisotopic (exact) mass is 178 g/mol. The second-order valence-corrected chi connectivity index (χ2v) is 3.45. The van der Waals surface area contributed by atoms with E-state index < -0.39 is 0 Å². The quantitative estimate of drug-likeness (QED) is 0.425. The molecule has 0 unspecified atom stereocenters. The van der Waals surface area contributed by atoms with Crippen molar-refractivity contribution in [3.63, 3.8) is 0 Å². The molecule has 13 heavy (non-hydrogen) atoms. The van der Waals surface area contributed by atoms with Crippen molar-refractivity contribution in [1.82, 2.24) is 0 Å². The molecule has 0 heteroatoms. The van der Waals surface area contributed by atoms with Gasteiger partial charge in [-0.15, -0.1) is 0 Å². The third-order valence-electron chi connectivity index (χ3n) is 1.99. The molecule has 0 rings (SSSR count). The van der Waals surface area contributed by atoms with E-state index >= 15 is 0 Å². The van der Waals surface area contributed by atoms with Crippen molar-refractivity contribution >= 4 is 0 Å². The standard InChI is InChI=1S/C13H22/c1-5-8-12(3)10-7-11-13(4)9-6-2/h5,8-10H,6-7,11H2,1-4H3/b8-5+,12-10+,13-9+. The fourth-order valence-electron chi connectivity index (χ4n) is 1.31. The third-order valence-corrected chi connectivity index (χ3v) is 1.99. The first-order valence-electron chi connectivity index (χ1n) is 5.15. The van der Waals surface area contributed by atoms with E-state index in [0.717, 1.165) is 6.42 Å². The Morgan fingerprint density at radius 3 is 2.38 bits per heavy atom. The highest BCUT2D eigenvalue weighted by atomic mass is 13.9. The Morgan fingerprint density at radius 2 is 1.85 bits per heavy atom. The van der Waals surface area contributed by atoms with Crippen LogP contribution in [0.5, 0.6) is 0 Å². The maximum Gasteiger partial charge on any atom is -0.0288 e. The van der Waals surface area contributed by atoms with Gasteiger partial charge >= 0.3 is 0 Å². The SMILES string of the molecule is C/C=C/C(C)=C/CC/C(C)=C/CC. The first kappa shape index (κ1) is 12.2. The molecule has 0 N–H and O–H groups in total. The summed E-state index contributed by atoms with van der Waals surface area (Å²) in [7, 11) is 0. The Hall–Kier alpha value is -0.780. The Kier molecular flexibility index (Phi) is 7.38. The van der Waals surface area contributed by atoms with Crippen LogP contribution < -0.4 is 0 Å². The summed E-state index contributed by atoms with van der Waals surface area (Å²) in [5.74, 6) is 0. The average Bonchev–Trinajstić information content (AvgIpc) is 2.05. The van der Waals surface area contributed by atoms with E-state index in [0.29, 0.717) is 0 Å². The van der Waals surface area contributed by atoms with E-state index in [1.54, 1.807) is 0 Å². The largest absolute Gasteiger partial charge is 0.0874 e. The third kappa shape index (κ3) is 7.58. The van der Waals surface area contributed by atoms with Crippen LogP contribution >= 0.6 is 0 Å². The highest BCUT2D eigenvalue weighted by Crippen LogP contribution is 2.07. The second kappa shape index (κ2) is 7.85. The van der Waals surface area contributed by atoms with Gasteiger partial charge in [0.1, 0.15) is 0 Å². The van der Waals surface area contributed by atoms with Crippen LogP contribution in [0, 0.1) is 0 Å². The van der Waals surface area contributed by atoms with E-state index in [2.05, 4.69) is 52.0 Å². The summed E-state index contributed by atoms with van der Waals surface area (Å²) < 4.78 is 0. The van der Waals surface area contributed by atoms with Crippen LogP contribution in [-0.2, 0) is 0 Å². The average molecular weight is 178 g/mol. The fraction of sp³-hybridized carbons (Fsp3) is 0.538. The van der Waals surface area contributed by atoms with Gasteiger partial charge in [-0.2, -0.15) is 0 Å². The van der Waals surface area contributed by atoms with Crippen molar-refractivity contribution in [2.75, 3.05) is 0 Å². The lowest BCUT2D eigenvalue weighted by Crippen LogP contribution is -1.77. The van der Waals surface area contributed by atoms with E-state index in [4.69, 9.17) is 0 Å². The van der Waals surface area contributed by atoms with Gasteiger partial charge in [-0.1, -0.05) is 42.4 Å². The summed E-state index contributed by atoms with van der Waals surface area (Å²) in [6, 6.07) is 0. The molecule has 0 saturated heterocycles. The zero-order chi connectivity index (χ0) is 10.1. The molecular formula is C13H22. The van der Waals surface area contributed by atoms with Crippen LogP contribution in [0.2, 0.25) is 0 Å². The van der Waals surface area contributed by atoms with Gasteiger partial charge in [0, 0.05) is 0 Å². The van der Waals surface area contributed by atoms with Crippen molar-refractivity contribution in [2.45, 2.75) is 47.0 Å². The van der Waals surface area contributed by atoms with E-state index in [1.807, 2.05) is 0 Å². The van der Waals surface area contributed by atoms with Crippen molar-refractivity contribution < 1.29 is 0 Å². The molecule has 0 aromatic carbocycles. The second-order valence-electron chi connectivity index (χ2n) is 3.45. The highest BCUT2D eigenvalue weighted by Gasteiger charge is 1.87. The lowest BCUT2D eigenvalue weighted by molar-refractivity contribution is 0.955. The van der Waals surface area contributed by atoms with Gasteiger partial charge in [-0.05, 0) is 40.0 Å². The van der Waals surface area contributed by atoms with E-state index in [9.17, 15) is 0 Å². The molecule has 0 amide bonds. The van der Waals surface area contributed by atoms with Gasteiger partial charge in [-0.25, -0.2) is 0 Å². The molecule has 0 bridgehead atoms. The number of allylic oxidation sites excluding steroid dienone is 6. The number of rotatable bonds is 5. The molecule has 0 aromatic heterocycles. The Morgan fingerprint density at radius 1 is 1.15 bits per heavy atom. The van der Waals surface area contributed by atoms with Crippen LogP contribution in [0.3, 0.4) is 0 Å². The minimum Gasteiger partial charge on any atom is -0.0874 e. The molecule has 0 aromatic rings. The zero-order valence-corrected chi connectivity index (χ0v) is 9.43. The van der Waals surface area contributed by atoms with Crippen molar-refractivity contribution in [3.8, 4) is 0 Å². The molecule has 0 atom stereocenters. The summed E-state index contributed by atoms with van der Waals surface area (Å²) in [5.41, 5.74) is 2.87. The summed E-state index contributed by atoms with van der Waals surface area (Å²) >= 11 is 0. The normalized spacial score (nSPS) is 14.2. The first-order chi connectivity index (χ1) is 6.20. The Balaban J connectivity index is 3.78. The number of hydrogen-bond acceptors (Lipinski definition) is 0. The van der Waals surface area contributed by atoms with Gasteiger partial charge in [0.05, 0.1) is 0 Å². The molecule has 0 spiro atoms. The lowest BCUT2D eigenvalue weighted by atomic mass is 10.1. The maximum atomic E-state index is 2.30. The summed E-state index contributed by atoms with van der Waals surface area (Å²) in [6.07, 6.45) is 12.4. The van der Waals surface area contributed by atoms with Gasteiger partial charge in [-0.3, -0.25) is 0 Å². The van der Waals surface area contributed by atoms with E-state index in [-0.39, 0.29) is 0 Å². The first-order valence-corrected chi connectivity index (χ1v) is 5.15. The van der Waals surface area contributed by atoms with Crippen LogP contribution in [0.15, 0.2) is 35.5 Å². The van der Waals surface area contributed by atoms with Crippen molar-refractivity contribution in [3.05, 3.63) is 35.5 Å². The molecule has 0 radical (unpaired) electrons. The predicted molar refractivity (Wildman–Crippen MR) is 61.9 cm³/mol. The molecule has 0 nitrogen and oxygen atoms in total. The Bertz CT molecular complexity index is 204. The maximum absolute atomic E-state index is 2.30. The minimum absolute atomic E-state index is 1.16. The zero-order valence-electron chi connectivity index (χ0n) is 9.43. The van der Waals surface area contributed by atoms with E-state index in [1.165, 1.54) is 24.0 Å². The molecule has 0 aliphatic carbocycles. The van der Waals surface area contributed by atoms with Crippen LogP contribution in [0.4, 0.5) is 0 Å². The topological polar surface area (TPSA) is 0 Å². The van der Waals surface area contributed by atoms with Crippen molar-refractivity contribution in [2.24, 2.45) is 0 Å². The number of hydrogen-bond donors (Lipinski definition) is 0. The highest BCUT2D eigenvalue weighted by molar-refractivity contribution is 5.15. The smallest absolute Gasteiger partial charge is 0.0288 e. The van der Waals surface area contributed by atoms with Gasteiger partial charge < -0.3 is 0 Å². The summed E-state index contributed by atoms with van der Waals surface area (Å²) in [4.78, 5) is 0. The minimum atomic E-state index is 1.16. The Labute approximate surface area is 83.0 Å². The molecule has 0 heterocycles. The van der Waals surface area contributed by atoms with Crippen LogP contribution in [-0.4, -0.2) is 0 Å². The van der Waals surface area contributed by atoms with Gasteiger partial charge in [0.25, 0.3) is 0 Å².